The topological polar surface area (TPSA) is 95.1 Å². The van der Waals surface area contributed by atoms with E-state index < -0.39 is 29.5 Å². The van der Waals surface area contributed by atoms with Gasteiger partial charge >= 0.3 is 17.1 Å². The van der Waals surface area contributed by atoms with E-state index in [1.54, 1.807) is 6.92 Å². The van der Waals surface area contributed by atoms with Gasteiger partial charge in [0.2, 0.25) is 5.91 Å². The SMILES string of the molecule is C=CCn1c(=O)n(CC=C)c(=O)n(CC(=O)NC(C)c2cccs2)c1=O. The highest BCUT2D eigenvalue weighted by molar-refractivity contribution is 7.10. The number of allylic oxidation sites excluding steroid dienone is 2. The van der Waals surface area contributed by atoms with Crippen molar-refractivity contribution >= 4 is 17.2 Å². The number of nitrogens with zero attached hydrogens (tertiary/aromatic N) is 3. The molecule has 0 fully saturated rings. The monoisotopic (exact) mass is 376 g/mol. The lowest BCUT2D eigenvalue weighted by molar-refractivity contribution is -0.122. The van der Waals surface area contributed by atoms with Gasteiger partial charge in [0.25, 0.3) is 0 Å². The zero-order valence-corrected chi connectivity index (χ0v) is 15.2. The van der Waals surface area contributed by atoms with Gasteiger partial charge in [-0.25, -0.2) is 28.1 Å². The van der Waals surface area contributed by atoms with E-state index in [1.807, 2.05) is 17.5 Å². The molecule has 1 N–H and O–H groups in total. The van der Waals surface area contributed by atoms with Gasteiger partial charge < -0.3 is 5.32 Å². The lowest BCUT2D eigenvalue weighted by Crippen LogP contribution is -2.55. The molecule has 1 unspecified atom stereocenters. The minimum absolute atomic E-state index is 0.0672. The predicted octanol–water partition coefficient (Wildman–Crippen LogP) is 0.483. The standard InChI is InChI=1S/C17H20N4O4S/c1-4-8-19-15(23)20(9-5-2)17(25)21(16(19)24)11-14(22)18-12(3)13-7-6-10-26-13/h4-7,10,12H,1-2,8-9,11H2,3H3,(H,18,22). The average molecular weight is 376 g/mol. The molecule has 8 nitrogen and oxygen atoms in total. The van der Waals surface area contributed by atoms with Crippen molar-refractivity contribution in [1.29, 1.82) is 0 Å². The third-order valence-corrected chi connectivity index (χ3v) is 4.71. The molecule has 9 heteroatoms. The Balaban J connectivity index is 2.38. The van der Waals surface area contributed by atoms with Crippen LogP contribution in [0.25, 0.3) is 0 Å². The van der Waals surface area contributed by atoms with Crippen molar-refractivity contribution in [2.45, 2.75) is 32.6 Å². The van der Waals surface area contributed by atoms with E-state index in [9.17, 15) is 19.2 Å². The Labute approximate surface area is 153 Å². The molecule has 2 aromatic heterocycles. The molecular formula is C17H20N4O4S. The minimum Gasteiger partial charge on any atom is -0.347 e. The summed E-state index contributed by atoms with van der Waals surface area (Å²) < 4.78 is 2.45. The Hall–Kier alpha value is -2.94. The first-order valence-electron chi connectivity index (χ1n) is 7.89. The number of nitrogens with one attached hydrogen (secondary N) is 1. The number of carbonyl (C=O) groups excluding carboxylic acids is 1. The van der Waals surface area contributed by atoms with E-state index in [4.69, 9.17) is 0 Å². The van der Waals surface area contributed by atoms with Crippen molar-refractivity contribution in [1.82, 2.24) is 19.0 Å². The van der Waals surface area contributed by atoms with Crippen LogP contribution >= 0.6 is 11.3 Å². The molecule has 1 atom stereocenters. The van der Waals surface area contributed by atoms with Crippen molar-refractivity contribution in [2.24, 2.45) is 0 Å². The molecule has 2 rings (SSSR count). The summed E-state index contributed by atoms with van der Waals surface area (Å²) in [6, 6.07) is 3.49. The first-order valence-corrected chi connectivity index (χ1v) is 8.77. The second-order valence-electron chi connectivity index (χ2n) is 5.54. The average Bonchev–Trinajstić information content (AvgIpc) is 3.14. The first kappa shape index (κ1) is 19.4. The fraction of sp³-hybridized carbons (Fsp3) is 0.294. The third-order valence-electron chi connectivity index (χ3n) is 3.66. The summed E-state index contributed by atoms with van der Waals surface area (Å²) in [7, 11) is 0. The van der Waals surface area contributed by atoms with Crippen LogP contribution in [0.1, 0.15) is 17.8 Å². The summed E-state index contributed by atoms with van der Waals surface area (Å²) in [6.07, 6.45) is 2.74. The number of aromatic nitrogens is 3. The maximum absolute atomic E-state index is 12.5. The molecule has 0 aromatic carbocycles. The van der Waals surface area contributed by atoms with Crippen LogP contribution < -0.4 is 22.4 Å². The van der Waals surface area contributed by atoms with Gasteiger partial charge in [-0.05, 0) is 18.4 Å². The maximum Gasteiger partial charge on any atom is 0.337 e. The van der Waals surface area contributed by atoms with E-state index in [2.05, 4.69) is 18.5 Å². The molecule has 0 bridgehead atoms. The molecular weight excluding hydrogens is 356 g/mol. The molecule has 0 aliphatic heterocycles. The largest absolute Gasteiger partial charge is 0.347 e. The van der Waals surface area contributed by atoms with Crippen LogP contribution in [-0.4, -0.2) is 19.6 Å². The molecule has 0 aliphatic carbocycles. The molecule has 2 heterocycles. The van der Waals surface area contributed by atoms with Gasteiger partial charge in [0.15, 0.2) is 0 Å². The molecule has 0 saturated carbocycles. The van der Waals surface area contributed by atoms with Crippen molar-refractivity contribution in [2.75, 3.05) is 0 Å². The number of amides is 1. The zero-order valence-electron chi connectivity index (χ0n) is 14.4. The summed E-state index contributed by atoms with van der Waals surface area (Å²) in [5.41, 5.74) is -2.46. The number of hydrogen-bond acceptors (Lipinski definition) is 5. The van der Waals surface area contributed by atoms with Crippen LogP contribution in [0.4, 0.5) is 0 Å². The van der Waals surface area contributed by atoms with Crippen LogP contribution in [0, 0.1) is 0 Å². The fourth-order valence-electron chi connectivity index (χ4n) is 2.43. The minimum atomic E-state index is -0.848. The van der Waals surface area contributed by atoms with E-state index in [0.29, 0.717) is 0 Å². The number of carbonyl (C=O) groups is 1. The van der Waals surface area contributed by atoms with Gasteiger partial charge in [-0.15, -0.1) is 24.5 Å². The molecule has 26 heavy (non-hydrogen) atoms. The molecule has 138 valence electrons. The lowest BCUT2D eigenvalue weighted by atomic mass is 10.3. The van der Waals surface area contributed by atoms with Crippen molar-refractivity contribution in [3.63, 3.8) is 0 Å². The second-order valence-corrected chi connectivity index (χ2v) is 6.52. The van der Waals surface area contributed by atoms with Gasteiger partial charge in [0.1, 0.15) is 6.54 Å². The smallest absolute Gasteiger partial charge is 0.337 e. The van der Waals surface area contributed by atoms with E-state index in [1.165, 1.54) is 23.5 Å². The van der Waals surface area contributed by atoms with Crippen LogP contribution in [0.5, 0.6) is 0 Å². The molecule has 0 saturated heterocycles. The van der Waals surface area contributed by atoms with E-state index in [0.717, 1.165) is 18.6 Å². The Morgan fingerprint density at radius 2 is 1.65 bits per heavy atom. The number of hydrogen-bond donors (Lipinski definition) is 1. The zero-order chi connectivity index (χ0) is 19.3. The van der Waals surface area contributed by atoms with Gasteiger partial charge in [-0.3, -0.25) is 4.79 Å². The van der Waals surface area contributed by atoms with Gasteiger partial charge in [-0.2, -0.15) is 0 Å². The first-order chi connectivity index (χ1) is 12.4. The summed E-state index contributed by atoms with van der Waals surface area (Å²) in [5.74, 6) is -0.501. The highest BCUT2D eigenvalue weighted by Crippen LogP contribution is 2.17. The maximum atomic E-state index is 12.5. The Bertz CT molecular complexity index is 933. The molecule has 2 aromatic rings. The Morgan fingerprint density at radius 3 is 2.12 bits per heavy atom. The molecule has 0 spiro atoms. The van der Waals surface area contributed by atoms with E-state index in [-0.39, 0.29) is 19.1 Å². The quantitative estimate of drug-likeness (QED) is 0.678. The molecule has 0 radical (unpaired) electrons. The highest BCUT2D eigenvalue weighted by Gasteiger charge is 2.18. The summed E-state index contributed by atoms with van der Waals surface area (Å²) >= 11 is 1.49. The van der Waals surface area contributed by atoms with Crippen molar-refractivity contribution < 1.29 is 4.79 Å². The lowest BCUT2D eigenvalue weighted by Gasteiger charge is -2.14. The number of thiophene rings is 1. The Kier molecular flexibility index (Phi) is 6.29. The van der Waals surface area contributed by atoms with Crippen LogP contribution in [0.3, 0.4) is 0 Å². The van der Waals surface area contributed by atoms with Gasteiger partial charge in [-0.1, -0.05) is 18.2 Å². The summed E-state index contributed by atoms with van der Waals surface area (Å²) in [5, 5.41) is 4.63. The van der Waals surface area contributed by atoms with Crippen molar-refractivity contribution in [3.05, 3.63) is 79.2 Å². The third kappa shape index (κ3) is 3.99. The Morgan fingerprint density at radius 1 is 1.12 bits per heavy atom. The van der Waals surface area contributed by atoms with Crippen LogP contribution in [0.15, 0.2) is 57.2 Å². The summed E-state index contributed by atoms with van der Waals surface area (Å²) in [6.45, 7) is 8.19. The predicted molar refractivity (Wildman–Crippen MR) is 100 cm³/mol. The second kappa shape index (κ2) is 8.43. The van der Waals surface area contributed by atoms with Gasteiger partial charge in [0.05, 0.1) is 19.1 Å². The highest BCUT2D eigenvalue weighted by atomic mass is 32.1. The van der Waals surface area contributed by atoms with Gasteiger partial charge in [0, 0.05) is 4.88 Å². The molecule has 1 amide bonds. The van der Waals surface area contributed by atoms with Crippen LogP contribution in [-0.2, 0) is 24.4 Å². The van der Waals surface area contributed by atoms with E-state index >= 15 is 0 Å². The fourth-order valence-corrected chi connectivity index (χ4v) is 3.16. The summed E-state index contributed by atoms with van der Waals surface area (Å²) in [4.78, 5) is 50.5. The number of rotatable bonds is 8. The molecule has 0 aliphatic rings. The normalized spacial score (nSPS) is 11.7. The van der Waals surface area contributed by atoms with Crippen molar-refractivity contribution in [3.8, 4) is 0 Å². The van der Waals surface area contributed by atoms with Crippen LogP contribution in [0.2, 0.25) is 0 Å².